The minimum absolute atomic E-state index is 0.0765. The lowest BCUT2D eigenvalue weighted by atomic mass is 10.0. The molecule has 0 aromatic heterocycles. The van der Waals surface area contributed by atoms with Gasteiger partial charge in [0.15, 0.2) is 11.5 Å². The van der Waals surface area contributed by atoms with E-state index in [1.54, 1.807) is 32.2 Å². The van der Waals surface area contributed by atoms with E-state index in [0.29, 0.717) is 29.2 Å². The number of carboxylic acid groups (broad SMARTS) is 1. The molecule has 0 fully saturated rings. The van der Waals surface area contributed by atoms with Crippen molar-refractivity contribution < 1.29 is 33.8 Å². The summed E-state index contributed by atoms with van der Waals surface area (Å²) in [5.74, 6) is -1.39. The number of methoxy groups -OCH3 is 2. The Bertz CT molecular complexity index is 1400. The van der Waals surface area contributed by atoms with Crippen LogP contribution in [0.25, 0.3) is 0 Å². The monoisotopic (exact) mass is 488 g/mol. The molecule has 0 radical (unpaired) electrons. The predicted molar refractivity (Wildman–Crippen MR) is 131 cm³/mol. The van der Waals surface area contributed by atoms with Gasteiger partial charge in [0.05, 0.1) is 30.9 Å². The Morgan fingerprint density at radius 2 is 1.64 bits per heavy atom. The first-order chi connectivity index (χ1) is 17.2. The van der Waals surface area contributed by atoms with Crippen molar-refractivity contribution in [3.05, 3.63) is 88.0 Å². The summed E-state index contributed by atoms with van der Waals surface area (Å²) in [5.41, 5.74) is 2.25. The van der Waals surface area contributed by atoms with Crippen LogP contribution in [0, 0.1) is 6.92 Å². The van der Waals surface area contributed by atoms with Crippen molar-refractivity contribution >= 4 is 29.4 Å². The van der Waals surface area contributed by atoms with Crippen molar-refractivity contribution in [1.82, 2.24) is 4.90 Å². The molecule has 0 saturated carbocycles. The molecule has 2 N–H and O–H groups in total. The molecule has 0 spiro atoms. The van der Waals surface area contributed by atoms with Crippen LogP contribution in [-0.2, 0) is 6.42 Å². The minimum Gasteiger partial charge on any atom is -0.493 e. The highest BCUT2D eigenvalue weighted by atomic mass is 16.5. The van der Waals surface area contributed by atoms with Crippen LogP contribution < -0.4 is 14.8 Å². The highest BCUT2D eigenvalue weighted by Gasteiger charge is 2.35. The fourth-order valence-electron chi connectivity index (χ4n) is 4.11. The maximum atomic E-state index is 13.0. The molecule has 0 unspecified atom stereocenters. The number of carboxylic acids is 1. The third kappa shape index (κ3) is 4.50. The van der Waals surface area contributed by atoms with Crippen molar-refractivity contribution in [2.75, 3.05) is 26.1 Å². The Morgan fingerprint density at radius 1 is 0.917 bits per heavy atom. The Balaban J connectivity index is 1.50. The maximum absolute atomic E-state index is 13.0. The average Bonchev–Trinajstić information content (AvgIpc) is 3.12. The third-order valence-corrected chi connectivity index (χ3v) is 6.12. The van der Waals surface area contributed by atoms with Crippen molar-refractivity contribution in [3.63, 3.8) is 0 Å². The van der Waals surface area contributed by atoms with Gasteiger partial charge >= 0.3 is 5.97 Å². The smallest absolute Gasteiger partial charge is 0.336 e. The summed E-state index contributed by atoms with van der Waals surface area (Å²) in [6.07, 6.45) is 0.415. The number of rotatable bonds is 8. The molecule has 36 heavy (non-hydrogen) atoms. The molecule has 0 aliphatic carbocycles. The van der Waals surface area contributed by atoms with Crippen LogP contribution >= 0.6 is 0 Å². The molecular weight excluding hydrogens is 464 g/mol. The number of hydrogen-bond donors (Lipinski definition) is 2. The summed E-state index contributed by atoms with van der Waals surface area (Å²) in [6, 6.07) is 14.3. The number of carbonyl (C=O) groups is 4. The first kappa shape index (κ1) is 24.5. The Morgan fingerprint density at radius 3 is 2.33 bits per heavy atom. The first-order valence-corrected chi connectivity index (χ1v) is 11.1. The van der Waals surface area contributed by atoms with Gasteiger partial charge in [-0.25, -0.2) is 4.79 Å². The second-order valence-corrected chi connectivity index (χ2v) is 8.20. The van der Waals surface area contributed by atoms with Gasteiger partial charge in [0.25, 0.3) is 17.7 Å². The number of hydrogen-bond acceptors (Lipinski definition) is 6. The van der Waals surface area contributed by atoms with E-state index in [9.17, 15) is 24.3 Å². The number of carbonyl (C=O) groups excluding carboxylic acids is 3. The van der Waals surface area contributed by atoms with Gasteiger partial charge in [-0.1, -0.05) is 12.1 Å². The maximum Gasteiger partial charge on any atom is 0.336 e. The van der Waals surface area contributed by atoms with Gasteiger partial charge in [0.1, 0.15) is 0 Å². The predicted octanol–water partition coefficient (Wildman–Crippen LogP) is 3.80. The van der Waals surface area contributed by atoms with Gasteiger partial charge in [-0.2, -0.15) is 0 Å². The van der Waals surface area contributed by atoms with Crippen LogP contribution in [0.5, 0.6) is 11.5 Å². The summed E-state index contributed by atoms with van der Waals surface area (Å²) in [7, 11) is 3.07. The van der Waals surface area contributed by atoms with E-state index in [1.807, 2.05) is 6.07 Å². The van der Waals surface area contributed by atoms with E-state index < -0.39 is 23.7 Å². The zero-order valence-electron chi connectivity index (χ0n) is 20.0. The second kappa shape index (κ2) is 9.91. The number of benzene rings is 3. The number of fused-ring (bicyclic) bond motifs is 1. The van der Waals surface area contributed by atoms with Crippen LogP contribution in [-0.4, -0.2) is 54.5 Å². The van der Waals surface area contributed by atoms with Crippen LogP contribution in [0.1, 0.15) is 52.6 Å². The van der Waals surface area contributed by atoms with Gasteiger partial charge in [0, 0.05) is 17.8 Å². The minimum atomic E-state index is -1.10. The van der Waals surface area contributed by atoms with E-state index in [4.69, 9.17) is 9.47 Å². The fourth-order valence-corrected chi connectivity index (χ4v) is 4.11. The Kier molecular flexibility index (Phi) is 6.73. The van der Waals surface area contributed by atoms with Crippen LogP contribution in [0.2, 0.25) is 0 Å². The molecule has 0 saturated heterocycles. The number of nitrogens with one attached hydrogen (secondary N) is 1. The molecule has 3 aromatic carbocycles. The van der Waals surface area contributed by atoms with E-state index >= 15 is 0 Å². The molecule has 1 heterocycles. The molecule has 9 nitrogen and oxygen atoms in total. The number of imide groups is 1. The van der Waals surface area contributed by atoms with Crippen molar-refractivity contribution in [3.8, 4) is 11.5 Å². The molecule has 3 aromatic rings. The summed E-state index contributed by atoms with van der Waals surface area (Å²) in [6.45, 7) is 1.75. The summed E-state index contributed by atoms with van der Waals surface area (Å²) in [4.78, 5) is 51.3. The summed E-state index contributed by atoms with van der Waals surface area (Å²) < 4.78 is 10.5. The van der Waals surface area contributed by atoms with E-state index in [1.165, 1.54) is 37.4 Å². The molecule has 1 aliphatic rings. The molecule has 3 amide bonds. The fraction of sp³-hybridized carbons (Fsp3) is 0.185. The lowest BCUT2D eigenvalue weighted by Crippen LogP contribution is -2.31. The number of anilines is 1. The third-order valence-electron chi connectivity index (χ3n) is 6.12. The molecule has 9 heteroatoms. The molecule has 4 rings (SSSR count). The van der Waals surface area contributed by atoms with Crippen LogP contribution in [0.15, 0.2) is 54.6 Å². The van der Waals surface area contributed by atoms with Gasteiger partial charge in [0.2, 0.25) is 0 Å². The zero-order chi connectivity index (χ0) is 26.0. The quantitative estimate of drug-likeness (QED) is 0.463. The Labute approximate surface area is 207 Å². The van der Waals surface area contributed by atoms with Gasteiger partial charge in [-0.05, 0) is 66.9 Å². The van der Waals surface area contributed by atoms with E-state index in [-0.39, 0.29) is 28.8 Å². The number of ether oxygens (including phenoxy) is 2. The summed E-state index contributed by atoms with van der Waals surface area (Å²) >= 11 is 0. The largest absolute Gasteiger partial charge is 0.493 e. The normalized spacial score (nSPS) is 12.4. The van der Waals surface area contributed by atoms with Gasteiger partial charge < -0.3 is 19.9 Å². The lowest BCUT2D eigenvalue weighted by molar-refractivity contribution is 0.0652. The molecule has 1 aliphatic heterocycles. The first-order valence-electron chi connectivity index (χ1n) is 11.1. The average molecular weight is 488 g/mol. The summed E-state index contributed by atoms with van der Waals surface area (Å²) in [5, 5.41) is 12.0. The van der Waals surface area contributed by atoms with Gasteiger partial charge in [-0.15, -0.1) is 0 Å². The van der Waals surface area contributed by atoms with Crippen molar-refractivity contribution in [1.29, 1.82) is 0 Å². The highest BCUT2D eigenvalue weighted by molar-refractivity contribution is 6.22. The highest BCUT2D eigenvalue weighted by Crippen LogP contribution is 2.29. The van der Waals surface area contributed by atoms with Gasteiger partial charge in [-0.3, -0.25) is 19.3 Å². The van der Waals surface area contributed by atoms with E-state index in [2.05, 4.69) is 5.32 Å². The van der Waals surface area contributed by atoms with Crippen LogP contribution in [0.3, 0.4) is 0 Å². The molecule has 0 atom stereocenters. The Hall–Kier alpha value is -4.66. The van der Waals surface area contributed by atoms with Crippen molar-refractivity contribution in [2.24, 2.45) is 0 Å². The van der Waals surface area contributed by atoms with E-state index in [0.717, 1.165) is 10.5 Å². The molecule has 0 bridgehead atoms. The lowest BCUT2D eigenvalue weighted by Gasteiger charge is -2.14. The molecule has 184 valence electrons. The molecular formula is C27H24N2O7. The SMILES string of the molecule is COc1ccc(CCN2C(=O)c3ccc(C(=O)Nc4cccc(C(=O)O)c4C)cc3C2=O)cc1OC. The number of amides is 3. The second-order valence-electron chi connectivity index (χ2n) is 8.20. The zero-order valence-corrected chi connectivity index (χ0v) is 20.0. The van der Waals surface area contributed by atoms with Crippen LogP contribution in [0.4, 0.5) is 5.69 Å². The number of nitrogens with zero attached hydrogens (tertiary/aromatic N) is 1. The van der Waals surface area contributed by atoms with Crippen molar-refractivity contribution in [2.45, 2.75) is 13.3 Å². The standard InChI is InChI=1S/C27H24N2O7/c1-15-18(27(33)34)5-4-6-21(15)28-24(30)17-8-9-19-20(14-17)26(32)29(25(19)31)12-11-16-7-10-22(35-2)23(13-16)36-3/h4-10,13-14H,11-12H2,1-3H3,(H,28,30)(H,33,34). The number of aromatic carboxylic acids is 1. The topological polar surface area (TPSA) is 122 Å².